The predicted molar refractivity (Wildman–Crippen MR) is 87.7 cm³/mol. The van der Waals surface area contributed by atoms with E-state index in [0.29, 0.717) is 0 Å². The summed E-state index contributed by atoms with van der Waals surface area (Å²) in [6.45, 7) is 10.7. The molecule has 0 aromatic carbocycles. The SMILES string of the molecule is CC(c1ccco1)N(C)C(=O)NC1CC(C)(C)NC(C)(C)C1. The minimum atomic E-state index is -0.0854. The van der Waals surface area contributed by atoms with E-state index in [9.17, 15) is 4.79 Å². The molecule has 22 heavy (non-hydrogen) atoms. The van der Waals surface area contributed by atoms with Crippen molar-refractivity contribution in [3.8, 4) is 0 Å². The fraction of sp³-hybridized carbons (Fsp3) is 0.706. The van der Waals surface area contributed by atoms with Crippen LogP contribution in [-0.2, 0) is 0 Å². The number of furan rings is 1. The molecule has 1 aliphatic rings. The average Bonchev–Trinajstić information content (AvgIpc) is 2.86. The fourth-order valence-electron chi connectivity index (χ4n) is 3.60. The molecule has 0 radical (unpaired) electrons. The maximum atomic E-state index is 12.5. The van der Waals surface area contributed by atoms with Crippen LogP contribution in [0.2, 0.25) is 0 Å². The zero-order chi connectivity index (χ0) is 16.5. The van der Waals surface area contributed by atoms with Crippen LogP contribution in [0.3, 0.4) is 0 Å². The lowest BCUT2D eigenvalue weighted by molar-refractivity contribution is 0.136. The number of rotatable bonds is 3. The van der Waals surface area contributed by atoms with Crippen LogP contribution in [0.15, 0.2) is 22.8 Å². The minimum Gasteiger partial charge on any atom is -0.467 e. The van der Waals surface area contributed by atoms with E-state index in [1.54, 1.807) is 18.2 Å². The molecule has 1 aromatic heterocycles. The summed E-state index contributed by atoms with van der Waals surface area (Å²) in [6.07, 6.45) is 3.48. The molecule has 2 N–H and O–H groups in total. The van der Waals surface area contributed by atoms with Crippen molar-refractivity contribution < 1.29 is 9.21 Å². The van der Waals surface area contributed by atoms with Gasteiger partial charge in [-0.3, -0.25) is 0 Å². The number of hydrogen-bond acceptors (Lipinski definition) is 3. The van der Waals surface area contributed by atoms with Crippen LogP contribution in [0.1, 0.15) is 59.3 Å². The van der Waals surface area contributed by atoms with Crippen LogP contribution >= 0.6 is 0 Å². The summed E-state index contributed by atoms with van der Waals surface area (Å²) in [7, 11) is 1.81. The van der Waals surface area contributed by atoms with Gasteiger partial charge in [-0.05, 0) is 59.6 Å². The number of nitrogens with zero attached hydrogens (tertiary/aromatic N) is 1. The average molecular weight is 307 g/mol. The highest BCUT2D eigenvalue weighted by atomic mass is 16.3. The monoisotopic (exact) mass is 307 g/mol. The molecule has 2 amide bonds. The van der Waals surface area contributed by atoms with Gasteiger partial charge in [-0.2, -0.15) is 0 Å². The molecule has 1 aromatic rings. The molecule has 124 valence electrons. The lowest BCUT2D eigenvalue weighted by Gasteiger charge is -2.47. The first-order valence-corrected chi connectivity index (χ1v) is 7.96. The van der Waals surface area contributed by atoms with Crippen LogP contribution in [0.25, 0.3) is 0 Å². The number of carbonyl (C=O) groups is 1. The topological polar surface area (TPSA) is 57.5 Å². The number of urea groups is 1. The Morgan fingerprint density at radius 2 is 1.95 bits per heavy atom. The Balaban J connectivity index is 1.99. The number of nitrogens with one attached hydrogen (secondary N) is 2. The van der Waals surface area contributed by atoms with Gasteiger partial charge in [0.2, 0.25) is 0 Å². The number of hydrogen-bond donors (Lipinski definition) is 2. The maximum Gasteiger partial charge on any atom is 0.317 e. The molecule has 1 fully saturated rings. The first-order chi connectivity index (χ1) is 10.1. The molecular formula is C17H29N3O2. The number of amides is 2. The van der Waals surface area contributed by atoms with E-state index < -0.39 is 0 Å². The van der Waals surface area contributed by atoms with Crippen molar-refractivity contribution in [2.75, 3.05) is 7.05 Å². The molecule has 1 unspecified atom stereocenters. The smallest absolute Gasteiger partial charge is 0.317 e. The Kier molecular flexibility index (Phi) is 4.57. The maximum absolute atomic E-state index is 12.5. The van der Waals surface area contributed by atoms with Crippen LogP contribution in [0, 0.1) is 0 Å². The Labute approximate surface area is 133 Å². The van der Waals surface area contributed by atoms with Crippen LogP contribution in [-0.4, -0.2) is 35.1 Å². The second-order valence-electron chi connectivity index (χ2n) is 7.75. The van der Waals surface area contributed by atoms with Crippen molar-refractivity contribution in [3.05, 3.63) is 24.2 Å². The summed E-state index contributed by atoms with van der Waals surface area (Å²) in [4.78, 5) is 14.2. The number of piperidine rings is 1. The van der Waals surface area contributed by atoms with Gasteiger partial charge < -0.3 is 20.0 Å². The fourth-order valence-corrected chi connectivity index (χ4v) is 3.60. The van der Waals surface area contributed by atoms with E-state index in [1.807, 2.05) is 19.1 Å². The molecule has 0 bridgehead atoms. The minimum absolute atomic E-state index is 0.0187. The van der Waals surface area contributed by atoms with Gasteiger partial charge in [0.25, 0.3) is 0 Å². The largest absolute Gasteiger partial charge is 0.467 e. The lowest BCUT2D eigenvalue weighted by atomic mass is 9.79. The summed E-state index contributed by atoms with van der Waals surface area (Å²) in [6, 6.07) is 3.77. The van der Waals surface area contributed by atoms with Gasteiger partial charge in [0.1, 0.15) is 5.76 Å². The molecule has 2 heterocycles. The van der Waals surface area contributed by atoms with E-state index in [-0.39, 0.29) is 29.2 Å². The highest BCUT2D eigenvalue weighted by molar-refractivity contribution is 5.74. The molecule has 1 aliphatic heterocycles. The van der Waals surface area contributed by atoms with Gasteiger partial charge in [-0.25, -0.2) is 4.79 Å². The molecule has 5 heteroatoms. The highest BCUT2D eigenvalue weighted by Crippen LogP contribution is 2.29. The van der Waals surface area contributed by atoms with Crippen LogP contribution in [0.5, 0.6) is 0 Å². The number of carbonyl (C=O) groups excluding carboxylic acids is 1. The van der Waals surface area contributed by atoms with E-state index in [4.69, 9.17) is 4.42 Å². The highest BCUT2D eigenvalue weighted by Gasteiger charge is 2.38. The molecular weight excluding hydrogens is 278 g/mol. The molecule has 1 saturated heterocycles. The zero-order valence-corrected chi connectivity index (χ0v) is 14.6. The third kappa shape index (κ3) is 4.03. The molecule has 0 saturated carbocycles. The summed E-state index contributed by atoms with van der Waals surface area (Å²) in [5, 5.41) is 6.81. The third-order valence-electron chi connectivity index (χ3n) is 4.37. The molecule has 2 rings (SSSR count). The van der Waals surface area contributed by atoms with Crippen LogP contribution < -0.4 is 10.6 Å². The second-order valence-corrected chi connectivity index (χ2v) is 7.75. The van der Waals surface area contributed by atoms with Crippen molar-refractivity contribution in [3.63, 3.8) is 0 Å². The van der Waals surface area contributed by atoms with Gasteiger partial charge >= 0.3 is 6.03 Å². The Hall–Kier alpha value is -1.49. The second kappa shape index (κ2) is 5.95. The lowest BCUT2D eigenvalue weighted by Crippen LogP contribution is -2.62. The molecule has 5 nitrogen and oxygen atoms in total. The van der Waals surface area contributed by atoms with Crippen molar-refractivity contribution in [2.24, 2.45) is 0 Å². The van der Waals surface area contributed by atoms with Gasteiger partial charge in [0.05, 0.1) is 12.3 Å². The van der Waals surface area contributed by atoms with E-state index >= 15 is 0 Å². The molecule has 1 atom stereocenters. The normalized spacial score (nSPS) is 22.1. The summed E-state index contributed by atoms with van der Waals surface area (Å²) in [5.41, 5.74) is 0.0375. The van der Waals surface area contributed by atoms with Crippen molar-refractivity contribution in [2.45, 2.75) is 70.6 Å². The van der Waals surface area contributed by atoms with E-state index in [1.165, 1.54) is 0 Å². The summed E-state index contributed by atoms with van der Waals surface area (Å²) >= 11 is 0. The predicted octanol–water partition coefficient (Wildman–Crippen LogP) is 3.29. The first kappa shape index (κ1) is 16.9. The quantitative estimate of drug-likeness (QED) is 0.901. The summed E-state index contributed by atoms with van der Waals surface area (Å²) in [5.74, 6) is 0.795. The summed E-state index contributed by atoms with van der Waals surface area (Å²) < 4.78 is 5.39. The van der Waals surface area contributed by atoms with Crippen molar-refractivity contribution in [1.82, 2.24) is 15.5 Å². The standard InChI is InChI=1S/C17H29N3O2/c1-12(14-8-7-9-22-14)20(6)15(21)18-13-10-16(2,3)19-17(4,5)11-13/h7-9,12-13,19H,10-11H2,1-6H3,(H,18,21). The van der Waals surface area contributed by atoms with Gasteiger partial charge in [0.15, 0.2) is 0 Å². The first-order valence-electron chi connectivity index (χ1n) is 7.96. The Morgan fingerprint density at radius 3 is 2.45 bits per heavy atom. The van der Waals surface area contributed by atoms with Gasteiger partial charge in [-0.1, -0.05) is 0 Å². The van der Waals surface area contributed by atoms with E-state index in [0.717, 1.165) is 18.6 Å². The van der Waals surface area contributed by atoms with E-state index in [2.05, 4.69) is 38.3 Å². The third-order valence-corrected chi connectivity index (χ3v) is 4.37. The molecule has 0 spiro atoms. The zero-order valence-electron chi connectivity index (χ0n) is 14.6. The molecule has 0 aliphatic carbocycles. The van der Waals surface area contributed by atoms with Crippen molar-refractivity contribution in [1.29, 1.82) is 0 Å². The van der Waals surface area contributed by atoms with Crippen molar-refractivity contribution >= 4 is 6.03 Å². The van der Waals surface area contributed by atoms with Gasteiger partial charge in [0, 0.05) is 24.2 Å². The van der Waals surface area contributed by atoms with Crippen LogP contribution in [0.4, 0.5) is 4.79 Å². The van der Waals surface area contributed by atoms with Gasteiger partial charge in [-0.15, -0.1) is 0 Å². The Morgan fingerprint density at radius 1 is 1.36 bits per heavy atom. The Bertz CT molecular complexity index is 492.